The molecule has 1 unspecified atom stereocenters. The van der Waals surface area contributed by atoms with Gasteiger partial charge < -0.3 is 20.9 Å². The zero-order valence-electron chi connectivity index (χ0n) is 16.3. The minimum atomic E-state index is -0.378. The molecule has 2 aliphatic carbocycles. The topological polar surface area (TPSA) is 73.5 Å². The fraction of sp³-hybridized carbons (Fsp3) is 0.900. The van der Waals surface area contributed by atoms with Crippen molar-refractivity contribution in [3.05, 3.63) is 0 Å². The Labute approximate surface area is 157 Å². The van der Waals surface area contributed by atoms with E-state index in [1.807, 2.05) is 6.92 Å². The molecule has 0 spiro atoms. The number of likely N-dealkylation sites (tertiary alicyclic amines) is 1. The molecule has 6 heteroatoms. The summed E-state index contributed by atoms with van der Waals surface area (Å²) in [6.07, 6.45) is 10.7. The molecule has 3 amide bonds. The van der Waals surface area contributed by atoms with Gasteiger partial charge in [-0.15, -0.1) is 0 Å². The number of carbonyl (C=O) groups excluding carboxylic acids is 2. The molecular formula is C20H36N4O2. The van der Waals surface area contributed by atoms with Gasteiger partial charge in [-0.1, -0.05) is 19.3 Å². The third-order valence-corrected chi connectivity index (χ3v) is 6.66. The van der Waals surface area contributed by atoms with E-state index in [1.165, 1.54) is 45.1 Å². The molecule has 0 aromatic rings. The Morgan fingerprint density at radius 2 is 1.77 bits per heavy atom. The summed E-state index contributed by atoms with van der Waals surface area (Å²) in [5.41, 5.74) is -0.378. The first-order chi connectivity index (χ1) is 12.6. The van der Waals surface area contributed by atoms with Gasteiger partial charge in [0.15, 0.2) is 0 Å². The van der Waals surface area contributed by atoms with Crippen LogP contribution in [0.4, 0.5) is 4.79 Å². The Morgan fingerprint density at radius 1 is 1.00 bits per heavy atom. The molecule has 1 heterocycles. The van der Waals surface area contributed by atoms with Gasteiger partial charge in [-0.25, -0.2) is 4.79 Å². The first kappa shape index (κ1) is 19.5. The SMILES string of the molecule is CCNC(=O)C1(CNC(=O)NCC2CCCN(C3CCCC3)C2)CCC1. The molecule has 0 radical (unpaired) electrons. The number of nitrogens with one attached hydrogen (secondary N) is 3. The van der Waals surface area contributed by atoms with Crippen LogP contribution in [0.15, 0.2) is 0 Å². The molecule has 1 atom stereocenters. The highest BCUT2D eigenvalue weighted by molar-refractivity contribution is 5.84. The quantitative estimate of drug-likeness (QED) is 0.649. The summed E-state index contributed by atoms with van der Waals surface area (Å²) in [7, 11) is 0. The van der Waals surface area contributed by atoms with Crippen molar-refractivity contribution in [2.45, 2.75) is 70.8 Å². The van der Waals surface area contributed by atoms with Crippen molar-refractivity contribution in [2.24, 2.45) is 11.3 Å². The van der Waals surface area contributed by atoms with Crippen molar-refractivity contribution in [1.82, 2.24) is 20.9 Å². The summed E-state index contributed by atoms with van der Waals surface area (Å²) in [4.78, 5) is 27.1. The van der Waals surface area contributed by atoms with Crippen LogP contribution in [0.2, 0.25) is 0 Å². The van der Waals surface area contributed by atoms with Crippen molar-refractivity contribution in [2.75, 3.05) is 32.7 Å². The molecule has 0 aromatic carbocycles. The summed E-state index contributed by atoms with van der Waals surface area (Å²) in [5, 5.41) is 8.90. The maximum absolute atomic E-state index is 12.2. The second-order valence-corrected chi connectivity index (χ2v) is 8.50. The number of amides is 3. The van der Waals surface area contributed by atoms with Gasteiger partial charge in [-0.3, -0.25) is 4.79 Å². The number of hydrogen-bond donors (Lipinski definition) is 3. The van der Waals surface area contributed by atoms with Gasteiger partial charge in [-0.2, -0.15) is 0 Å². The number of piperidine rings is 1. The lowest BCUT2D eigenvalue weighted by Gasteiger charge is -2.40. The Bertz CT molecular complexity index is 486. The van der Waals surface area contributed by atoms with Gasteiger partial charge in [0.05, 0.1) is 5.41 Å². The van der Waals surface area contributed by atoms with Crippen molar-refractivity contribution < 1.29 is 9.59 Å². The van der Waals surface area contributed by atoms with E-state index in [0.717, 1.165) is 38.4 Å². The molecule has 1 saturated heterocycles. The molecule has 3 rings (SSSR count). The summed E-state index contributed by atoms with van der Waals surface area (Å²) >= 11 is 0. The van der Waals surface area contributed by atoms with E-state index in [2.05, 4.69) is 20.9 Å². The first-order valence-electron chi connectivity index (χ1n) is 10.7. The van der Waals surface area contributed by atoms with Crippen LogP contribution in [-0.4, -0.2) is 55.6 Å². The van der Waals surface area contributed by atoms with Crippen LogP contribution in [0.3, 0.4) is 0 Å². The van der Waals surface area contributed by atoms with Crippen LogP contribution in [0.1, 0.15) is 64.7 Å². The van der Waals surface area contributed by atoms with E-state index in [0.29, 0.717) is 19.0 Å². The van der Waals surface area contributed by atoms with Gasteiger partial charge in [0.25, 0.3) is 0 Å². The van der Waals surface area contributed by atoms with Gasteiger partial charge in [-0.05, 0) is 57.9 Å². The maximum atomic E-state index is 12.2. The monoisotopic (exact) mass is 364 g/mol. The molecule has 3 aliphatic rings. The number of hydrogen-bond acceptors (Lipinski definition) is 3. The smallest absolute Gasteiger partial charge is 0.314 e. The van der Waals surface area contributed by atoms with E-state index in [4.69, 9.17) is 0 Å². The van der Waals surface area contributed by atoms with Gasteiger partial charge >= 0.3 is 6.03 Å². The molecular weight excluding hydrogens is 328 g/mol. The number of urea groups is 1. The number of nitrogens with zero attached hydrogens (tertiary/aromatic N) is 1. The Balaban J connectivity index is 1.37. The molecule has 3 N–H and O–H groups in total. The lowest BCUT2D eigenvalue weighted by molar-refractivity contribution is -0.135. The molecule has 3 fully saturated rings. The van der Waals surface area contributed by atoms with Crippen molar-refractivity contribution >= 4 is 11.9 Å². The van der Waals surface area contributed by atoms with Crippen LogP contribution in [-0.2, 0) is 4.79 Å². The maximum Gasteiger partial charge on any atom is 0.314 e. The predicted molar refractivity (Wildman–Crippen MR) is 103 cm³/mol. The van der Waals surface area contributed by atoms with E-state index in [-0.39, 0.29) is 17.4 Å². The summed E-state index contributed by atoms with van der Waals surface area (Å²) < 4.78 is 0. The largest absolute Gasteiger partial charge is 0.356 e. The molecule has 148 valence electrons. The Morgan fingerprint density at radius 3 is 2.42 bits per heavy atom. The highest BCUT2D eigenvalue weighted by atomic mass is 16.2. The third kappa shape index (κ3) is 4.70. The van der Waals surface area contributed by atoms with Gasteiger partial charge in [0.2, 0.25) is 5.91 Å². The van der Waals surface area contributed by atoms with Crippen LogP contribution in [0, 0.1) is 11.3 Å². The molecule has 0 bridgehead atoms. The first-order valence-corrected chi connectivity index (χ1v) is 10.7. The Kier molecular flexibility index (Phi) is 6.79. The molecule has 2 saturated carbocycles. The zero-order valence-corrected chi connectivity index (χ0v) is 16.3. The van der Waals surface area contributed by atoms with Crippen LogP contribution < -0.4 is 16.0 Å². The standard InChI is InChI=1S/C20H36N4O2/c1-2-21-18(25)20(10-6-11-20)15-23-19(26)22-13-16-7-5-12-24(14-16)17-8-3-4-9-17/h16-17H,2-15H2,1H3,(H,21,25)(H2,22,23,26). The minimum Gasteiger partial charge on any atom is -0.356 e. The normalized spacial score (nSPS) is 26.1. The highest BCUT2D eigenvalue weighted by Crippen LogP contribution is 2.40. The van der Waals surface area contributed by atoms with Gasteiger partial charge in [0.1, 0.15) is 0 Å². The lowest BCUT2D eigenvalue weighted by atomic mass is 9.68. The zero-order chi connectivity index (χ0) is 18.4. The number of carbonyl (C=O) groups is 2. The molecule has 6 nitrogen and oxygen atoms in total. The van der Waals surface area contributed by atoms with Crippen molar-refractivity contribution in [1.29, 1.82) is 0 Å². The molecule has 26 heavy (non-hydrogen) atoms. The average molecular weight is 365 g/mol. The van der Waals surface area contributed by atoms with Crippen molar-refractivity contribution in [3.63, 3.8) is 0 Å². The third-order valence-electron chi connectivity index (χ3n) is 6.66. The number of rotatable bonds is 7. The van der Waals surface area contributed by atoms with Crippen LogP contribution in [0.25, 0.3) is 0 Å². The molecule has 0 aromatic heterocycles. The summed E-state index contributed by atoms with van der Waals surface area (Å²) in [6, 6.07) is 0.653. The summed E-state index contributed by atoms with van der Waals surface area (Å²) in [5.74, 6) is 0.641. The fourth-order valence-electron chi connectivity index (χ4n) is 4.85. The van der Waals surface area contributed by atoms with Crippen molar-refractivity contribution in [3.8, 4) is 0 Å². The minimum absolute atomic E-state index is 0.0889. The van der Waals surface area contributed by atoms with E-state index in [9.17, 15) is 9.59 Å². The highest BCUT2D eigenvalue weighted by Gasteiger charge is 2.44. The lowest BCUT2D eigenvalue weighted by Crippen LogP contribution is -2.54. The van der Waals surface area contributed by atoms with E-state index >= 15 is 0 Å². The summed E-state index contributed by atoms with van der Waals surface area (Å²) in [6.45, 7) is 6.11. The average Bonchev–Trinajstić information content (AvgIpc) is 3.14. The van der Waals surface area contributed by atoms with E-state index < -0.39 is 0 Å². The molecule has 1 aliphatic heterocycles. The van der Waals surface area contributed by atoms with E-state index in [1.54, 1.807) is 0 Å². The fourth-order valence-corrected chi connectivity index (χ4v) is 4.85. The van der Waals surface area contributed by atoms with Crippen LogP contribution >= 0.6 is 0 Å². The van der Waals surface area contributed by atoms with Gasteiger partial charge in [0, 0.05) is 32.2 Å². The van der Waals surface area contributed by atoms with Crippen LogP contribution in [0.5, 0.6) is 0 Å². The Hall–Kier alpha value is -1.30. The predicted octanol–water partition coefficient (Wildman–Crippen LogP) is 2.25. The second kappa shape index (κ2) is 9.07. The second-order valence-electron chi connectivity index (χ2n) is 8.50.